The molecule has 0 saturated carbocycles. The van der Waals surface area contributed by atoms with E-state index >= 15 is 0 Å². The van der Waals surface area contributed by atoms with Gasteiger partial charge in [0.05, 0.1) is 6.04 Å². The number of nitrogens with zero attached hydrogens (tertiary/aromatic N) is 2. The lowest BCUT2D eigenvalue weighted by Crippen LogP contribution is -2.46. The molecule has 0 bridgehead atoms. The van der Waals surface area contributed by atoms with Gasteiger partial charge in [0.15, 0.2) is 0 Å². The van der Waals surface area contributed by atoms with Gasteiger partial charge in [0.1, 0.15) is 0 Å². The minimum atomic E-state index is -0.0750. The second kappa shape index (κ2) is 9.22. The van der Waals surface area contributed by atoms with Crippen LogP contribution >= 0.6 is 0 Å². The standard InChI is InChI=1S/C21H32N4O2/c1-16-3-5-18(6-4-16)19(24-11-7-17(2)8-12-24)15-23-21(27)25-13-9-20(26)22-10-14-25/h3-6,17,19H,7-15H2,1-2H3,(H,22,26)(H,23,27). The molecule has 0 spiro atoms. The maximum Gasteiger partial charge on any atom is 0.317 e. The molecular weight excluding hydrogens is 340 g/mol. The second-order valence-corrected chi connectivity index (χ2v) is 7.92. The molecule has 1 aromatic carbocycles. The van der Waals surface area contributed by atoms with Crippen LogP contribution in [0.3, 0.4) is 0 Å². The van der Waals surface area contributed by atoms with Crippen LogP contribution in [0.4, 0.5) is 4.79 Å². The lowest BCUT2D eigenvalue weighted by molar-refractivity contribution is -0.120. The molecule has 1 aromatic rings. The molecule has 6 heteroatoms. The summed E-state index contributed by atoms with van der Waals surface area (Å²) in [5.74, 6) is 0.793. The lowest BCUT2D eigenvalue weighted by atomic mass is 9.95. The van der Waals surface area contributed by atoms with Gasteiger partial charge < -0.3 is 15.5 Å². The van der Waals surface area contributed by atoms with E-state index in [1.165, 1.54) is 24.0 Å². The molecule has 2 N–H and O–H groups in total. The minimum Gasteiger partial charge on any atom is -0.354 e. The van der Waals surface area contributed by atoms with Crippen molar-refractivity contribution >= 4 is 11.9 Å². The highest BCUT2D eigenvalue weighted by Gasteiger charge is 2.26. The van der Waals surface area contributed by atoms with E-state index < -0.39 is 0 Å². The van der Waals surface area contributed by atoms with Crippen LogP contribution in [-0.4, -0.2) is 61.0 Å². The number of rotatable bonds is 4. The van der Waals surface area contributed by atoms with Gasteiger partial charge in [-0.05, 0) is 44.3 Å². The maximum atomic E-state index is 12.6. The van der Waals surface area contributed by atoms with Gasteiger partial charge in [0.25, 0.3) is 0 Å². The fraction of sp³-hybridized carbons (Fsp3) is 0.619. The van der Waals surface area contributed by atoms with E-state index in [0.29, 0.717) is 32.6 Å². The number of hydrogen-bond acceptors (Lipinski definition) is 3. The van der Waals surface area contributed by atoms with Crippen LogP contribution in [0.25, 0.3) is 0 Å². The predicted octanol–water partition coefficient (Wildman–Crippen LogP) is 2.30. The summed E-state index contributed by atoms with van der Waals surface area (Å²) in [6.45, 7) is 8.70. The van der Waals surface area contributed by atoms with Crippen molar-refractivity contribution in [3.63, 3.8) is 0 Å². The van der Waals surface area contributed by atoms with Gasteiger partial charge in [0, 0.05) is 32.6 Å². The summed E-state index contributed by atoms with van der Waals surface area (Å²) in [5.41, 5.74) is 2.50. The molecule has 3 amide bonds. The molecule has 2 fully saturated rings. The molecule has 1 atom stereocenters. The van der Waals surface area contributed by atoms with Gasteiger partial charge in [-0.15, -0.1) is 0 Å². The third-order valence-electron chi connectivity index (χ3n) is 5.77. The van der Waals surface area contributed by atoms with Crippen LogP contribution in [0.1, 0.15) is 43.4 Å². The number of likely N-dealkylation sites (tertiary alicyclic amines) is 1. The zero-order valence-corrected chi connectivity index (χ0v) is 16.5. The molecule has 6 nitrogen and oxygen atoms in total. The van der Waals surface area contributed by atoms with Gasteiger partial charge in [-0.3, -0.25) is 9.69 Å². The number of urea groups is 1. The van der Waals surface area contributed by atoms with Gasteiger partial charge in [-0.1, -0.05) is 36.8 Å². The molecule has 1 unspecified atom stereocenters. The Kier molecular flexibility index (Phi) is 6.72. The van der Waals surface area contributed by atoms with E-state index in [1.54, 1.807) is 4.90 Å². The van der Waals surface area contributed by atoms with Crippen LogP contribution in [0.15, 0.2) is 24.3 Å². The molecule has 0 aliphatic carbocycles. The van der Waals surface area contributed by atoms with E-state index in [9.17, 15) is 9.59 Å². The van der Waals surface area contributed by atoms with Gasteiger partial charge in [-0.25, -0.2) is 4.79 Å². The van der Waals surface area contributed by atoms with Crippen molar-refractivity contribution in [1.82, 2.24) is 20.4 Å². The van der Waals surface area contributed by atoms with Crippen molar-refractivity contribution in [3.8, 4) is 0 Å². The molecule has 2 aliphatic heterocycles. The number of amides is 3. The first-order valence-corrected chi connectivity index (χ1v) is 10.1. The SMILES string of the molecule is Cc1ccc(C(CNC(=O)N2CCNC(=O)CC2)N2CCC(C)CC2)cc1. The summed E-state index contributed by atoms with van der Waals surface area (Å²) in [6.07, 6.45) is 2.78. The number of piperidine rings is 1. The summed E-state index contributed by atoms with van der Waals surface area (Å²) in [5, 5.41) is 5.94. The molecule has 2 saturated heterocycles. The Balaban J connectivity index is 1.64. The van der Waals surface area contributed by atoms with Crippen molar-refractivity contribution in [1.29, 1.82) is 0 Å². The van der Waals surface area contributed by atoms with Crippen LogP contribution in [0.2, 0.25) is 0 Å². The number of hydrogen-bond donors (Lipinski definition) is 2. The molecule has 148 valence electrons. The fourth-order valence-corrected chi connectivity index (χ4v) is 3.85. The van der Waals surface area contributed by atoms with Crippen molar-refractivity contribution in [3.05, 3.63) is 35.4 Å². The smallest absolute Gasteiger partial charge is 0.317 e. The summed E-state index contributed by atoms with van der Waals surface area (Å²) in [4.78, 5) is 28.4. The van der Waals surface area contributed by atoms with Crippen molar-refractivity contribution in [2.45, 2.75) is 39.2 Å². The third-order valence-corrected chi connectivity index (χ3v) is 5.77. The highest BCUT2D eigenvalue weighted by atomic mass is 16.2. The average molecular weight is 373 g/mol. The van der Waals surface area contributed by atoms with E-state index in [4.69, 9.17) is 0 Å². The van der Waals surface area contributed by atoms with Gasteiger partial charge >= 0.3 is 6.03 Å². The number of benzene rings is 1. The molecule has 3 rings (SSSR count). The quantitative estimate of drug-likeness (QED) is 0.852. The fourth-order valence-electron chi connectivity index (χ4n) is 3.85. The predicted molar refractivity (Wildman–Crippen MR) is 106 cm³/mol. The largest absolute Gasteiger partial charge is 0.354 e. The number of nitrogens with one attached hydrogen (secondary N) is 2. The Morgan fingerprint density at radius 3 is 2.59 bits per heavy atom. The molecular formula is C21H32N4O2. The van der Waals surface area contributed by atoms with Crippen LogP contribution < -0.4 is 10.6 Å². The van der Waals surface area contributed by atoms with Crippen LogP contribution in [0.5, 0.6) is 0 Å². The topological polar surface area (TPSA) is 64.7 Å². The number of aryl methyl sites for hydroxylation is 1. The first-order valence-electron chi connectivity index (χ1n) is 10.1. The molecule has 0 radical (unpaired) electrons. The normalized spacial score (nSPS) is 20.7. The highest BCUT2D eigenvalue weighted by Crippen LogP contribution is 2.26. The Labute approximate surface area is 162 Å². The Hall–Kier alpha value is -2.08. The van der Waals surface area contributed by atoms with Crippen molar-refractivity contribution in [2.75, 3.05) is 39.3 Å². The average Bonchev–Trinajstić information content (AvgIpc) is 2.89. The third kappa shape index (κ3) is 5.45. The molecule has 0 aromatic heterocycles. The van der Waals surface area contributed by atoms with Gasteiger partial charge in [-0.2, -0.15) is 0 Å². The highest BCUT2D eigenvalue weighted by molar-refractivity contribution is 5.79. The lowest BCUT2D eigenvalue weighted by Gasteiger charge is -2.37. The number of carbonyl (C=O) groups excluding carboxylic acids is 2. The van der Waals surface area contributed by atoms with E-state index in [0.717, 1.165) is 19.0 Å². The minimum absolute atomic E-state index is 0.0188. The summed E-state index contributed by atoms with van der Waals surface area (Å²) >= 11 is 0. The van der Waals surface area contributed by atoms with Crippen molar-refractivity contribution < 1.29 is 9.59 Å². The van der Waals surface area contributed by atoms with Crippen LogP contribution in [0, 0.1) is 12.8 Å². The Bertz CT molecular complexity index is 638. The number of carbonyl (C=O) groups is 2. The zero-order valence-electron chi connectivity index (χ0n) is 16.5. The van der Waals surface area contributed by atoms with E-state index in [-0.39, 0.29) is 18.0 Å². The first-order chi connectivity index (χ1) is 13.0. The molecule has 2 heterocycles. The summed E-state index contributed by atoms with van der Waals surface area (Å²) in [6, 6.07) is 8.76. The monoisotopic (exact) mass is 372 g/mol. The van der Waals surface area contributed by atoms with E-state index in [2.05, 4.69) is 53.6 Å². The Morgan fingerprint density at radius 2 is 1.89 bits per heavy atom. The van der Waals surface area contributed by atoms with Gasteiger partial charge in [0.2, 0.25) is 5.91 Å². The molecule has 2 aliphatic rings. The second-order valence-electron chi connectivity index (χ2n) is 7.92. The van der Waals surface area contributed by atoms with Crippen molar-refractivity contribution in [2.24, 2.45) is 5.92 Å². The Morgan fingerprint density at radius 1 is 1.19 bits per heavy atom. The summed E-state index contributed by atoms with van der Waals surface area (Å²) in [7, 11) is 0. The van der Waals surface area contributed by atoms with E-state index in [1.807, 2.05) is 0 Å². The summed E-state index contributed by atoms with van der Waals surface area (Å²) < 4.78 is 0. The first kappa shape index (κ1) is 19.7. The molecule has 27 heavy (non-hydrogen) atoms. The zero-order chi connectivity index (χ0) is 19.2. The maximum absolute atomic E-state index is 12.6. The van der Waals surface area contributed by atoms with Crippen LogP contribution in [-0.2, 0) is 4.79 Å².